The van der Waals surface area contributed by atoms with E-state index in [2.05, 4.69) is 36.3 Å². The number of rotatable bonds is 5. The number of nitrogens with one attached hydrogen (secondary N) is 1. The molecular formula is C20H31N3O. The zero-order valence-corrected chi connectivity index (χ0v) is 15.1. The fourth-order valence-electron chi connectivity index (χ4n) is 4.19. The summed E-state index contributed by atoms with van der Waals surface area (Å²) in [5.74, 6) is 0. The van der Waals surface area contributed by atoms with Crippen LogP contribution in [0.5, 0.6) is 0 Å². The Balaban J connectivity index is 1.43. The highest BCUT2D eigenvalue weighted by molar-refractivity contribution is 5.94. The molecule has 1 aliphatic heterocycles. The number of fused-ring (bicyclic) bond motifs is 1. The molecule has 3 rings (SSSR count). The van der Waals surface area contributed by atoms with E-state index in [9.17, 15) is 4.79 Å². The number of hydrogen-bond acceptors (Lipinski definition) is 2. The summed E-state index contributed by atoms with van der Waals surface area (Å²) in [7, 11) is 2.23. The molecule has 1 atom stereocenters. The molecule has 2 amide bonds. The first-order chi connectivity index (χ1) is 11.7. The fraction of sp³-hybridized carbons (Fsp3) is 0.650. The predicted molar refractivity (Wildman–Crippen MR) is 99.6 cm³/mol. The van der Waals surface area contributed by atoms with Gasteiger partial charge in [0.1, 0.15) is 0 Å². The van der Waals surface area contributed by atoms with E-state index in [1.807, 2.05) is 17.0 Å². The maximum Gasteiger partial charge on any atom is 0.322 e. The number of hydrogen-bond donors (Lipinski definition) is 1. The number of anilines is 1. The van der Waals surface area contributed by atoms with E-state index in [1.165, 1.54) is 37.7 Å². The van der Waals surface area contributed by atoms with Crippen molar-refractivity contribution in [2.45, 2.75) is 64.0 Å². The van der Waals surface area contributed by atoms with E-state index in [4.69, 9.17) is 0 Å². The molecule has 0 spiro atoms. The molecule has 1 fully saturated rings. The molecule has 4 heteroatoms. The van der Waals surface area contributed by atoms with Crippen molar-refractivity contribution in [3.63, 3.8) is 0 Å². The lowest BCUT2D eigenvalue weighted by Crippen LogP contribution is -2.44. The summed E-state index contributed by atoms with van der Waals surface area (Å²) < 4.78 is 0. The second-order valence-electron chi connectivity index (χ2n) is 7.41. The molecule has 132 valence electrons. The lowest BCUT2D eigenvalue weighted by Gasteiger charge is -2.31. The quantitative estimate of drug-likeness (QED) is 0.834. The Kier molecular flexibility index (Phi) is 5.77. The zero-order valence-electron chi connectivity index (χ0n) is 15.1. The van der Waals surface area contributed by atoms with Gasteiger partial charge in [0.05, 0.1) is 0 Å². The second-order valence-corrected chi connectivity index (χ2v) is 7.41. The third-order valence-corrected chi connectivity index (χ3v) is 5.59. The van der Waals surface area contributed by atoms with Gasteiger partial charge >= 0.3 is 6.03 Å². The van der Waals surface area contributed by atoms with Crippen LogP contribution >= 0.6 is 0 Å². The fourth-order valence-corrected chi connectivity index (χ4v) is 4.19. The van der Waals surface area contributed by atoms with Gasteiger partial charge in [-0.15, -0.1) is 0 Å². The van der Waals surface area contributed by atoms with Crippen LogP contribution in [0.4, 0.5) is 10.5 Å². The van der Waals surface area contributed by atoms with E-state index in [0.29, 0.717) is 0 Å². The largest absolute Gasteiger partial charge is 0.338 e. The lowest BCUT2D eigenvalue weighted by atomic mass is 9.94. The summed E-state index contributed by atoms with van der Waals surface area (Å²) in [5.41, 5.74) is 2.35. The van der Waals surface area contributed by atoms with Crippen LogP contribution in [0, 0.1) is 0 Å². The highest BCUT2D eigenvalue weighted by Gasteiger charge is 2.30. The lowest BCUT2D eigenvalue weighted by molar-refractivity contribution is 0.189. The summed E-state index contributed by atoms with van der Waals surface area (Å²) in [6.07, 6.45) is 8.79. The molecule has 1 heterocycles. The number of para-hydroxylation sites is 1. The number of carbonyl (C=O) groups is 1. The van der Waals surface area contributed by atoms with Crippen LogP contribution in [0.15, 0.2) is 24.3 Å². The number of benzene rings is 1. The molecule has 0 radical (unpaired) electrons. The van der Waals surface area contributed by atoms with E-state index in [0.717, 1.165) is 37.7 Å². The highest BCUT2D eigenvalue weighted by atomic mass is 16.2. The first-order valence-electron chi connectivity index (χ1n) is 9.52. The second kappa shape index (κ2) is 8.02. The Labute approximate surface area is 146 Å². The molecule has 1 aromatic carbocycles. The van der Waals surface area contributed by atoms with E-state index in [-0.39, 0.29) is 12.1 Å². The van der Waals surface area contributed by atoms with Crippen LogP contribution in [0.25, 0.3) is 0 Å². The molecule has 1 aliphatic carbocycles. The van der Waals surface area contributed by atoms with Gasteiger partial charge in [-0.2, -0.15) is 0 Å². The molecule has 0 saturated heterocycles. The summed E-state index contributed by atoms with van der Waals surface area (Å²) in [4.78, 5) is 17.0. The summed E-state index contributed by atoms with van der Waals surface area (Å²) >= 11 is 0. The van der Waals surface area contributed by atoms with Gasteiger partial charge in [0.2, 0.25) is 0 Å². The van der Waals surface area contributed by atoms with Crippen LogP contribution in [0.2, 0.25) is 0 Å². The van der Waals surface area contributed by atoms with Crippen LogP contribution in [-0.4, -0.2) is 43.2 Å². The highest BCUT2D eigenvalue weighted by Crippen LogP contribution is 2.31. The monoisotopic (exact) mass is 329 g/mol. The molecule has 2 aliphatic rings. The van der Waals surface area contributed by atoms with Gasteiger partial charge in [0, 0.05) is 24.3 Å². The van der Waals surface area contributed by atoms with Crippen molar-refractivity contribution >= 4 is 11.7 Å². The Morgan fingerprint density at radius 1 is 1.25 bits per heavy atom. The predicted octanol–water partition coefficient (Wildman–Crippen LogP) is 3.80. The molecule has 4 nitrogen and oxygen atoms in total. The van der Waals surface area contributed by atoms with E-state index in [1.54, 1.807) is 0 Å². The maximum atomic E-state index is 12.6. The minimum Gasteiger partial charge on any atom is -0.338 e. The average molecular weight is 329 g/mol. The number of nitrogens with zero attached hydrogens (tertiary/aromatic N) is 2. The smallest absolute Gasteiger partial charge is 0.322 e. The normalized spacial score (nSPS) is 21.1. The molecule has 1 N–H and O–H groups in total. The van der Waals surface area contributed by atoms with Crippen LogP contribution in [-0.2, 0) is 6.42 Å². The summed E-state index contributed by atoms with van der Waals surface area (Å²) in [6, 6.07) is 9.28. The summed E-state index contributed by atoms with van der Waals surface area (Å²) in [6.45, 7) is 3.94. The molecule has 1 saturated carbocycles. The average Bonchev–Trinajstić information content (AvgIpc) is 2.95. The third-order valence-electron chi connectivity index (χ3n) is 5.59. The Hall–Kier alpha value is -1.55. The van der Waals surface area contributed by atoms with Gasteiger partial charge in [0.25, 0.3) is 0 Å². The standard InChI is InChI=1S/C20H31N3O/c1-16-15-17-9-6-7-12-19(17)23(16)20(24)21-13-8-14-22(2)18-10-4-3-5-11-18/h6-7,9,12,16,18H,3-5,8,10-11,13-15H2,1-2H3,(H,21,24). The minimum atomic E-state index is 0.0489. The van der Waals surface area contributed by atoms with Crippen molar-refractivity contribution in [2.75, 3.05) is 25.0 Å². The molecule has 1 unspecified atom stereocenters. The first kappa shape index (κ1) is 17.3. The Morgan fingerprint density at radius 2 is 2.00 bits per heavy atom. The Morgan fingerprint density at radius 3 is 2.79 bits per heavy atom. The van der Waals surface area contributed by atoms with Crippen LogP contribution in [0.3, 0.4) is 0 Å². The SMILES string of the molecule is CC1Cc2ccccc2N1C(=O)NCCCN(C)C1CCCCC1. The van der Waals surface area contributed by atoms with Crippen molar-refractivity contribution in [2.24, 2.45) is 0 Å². The molecule has 1 aromatic rings. The number of urea groups is 1. The van der Waals surface area contributed by atoms with Crippen molar-refractivity contribution < 1.29 is 4.79 Å². The molecule has 0 aromatic heterocycles. The van der Waals surface area contributed by atoms with Gasteiger partial charge in [-0.3, -0.25) is 4.90 Å². The van der Waals surface area contributed by atoms with E-state index < -0.39 is 0 Å². The van der Waals surface area contributed by atoms with Crippen molar-refractivity contribution in [1.82, 2.24) is 10.2 Å². The topological polar surface area (TPSA) is 35.6 Å². The summed E-state index contributed by atoms with van der Waals surface area (Å²) in [5, 5.41) is 3.11. The molecule has 24 heavy (non-hydrogen) atoms. The van der Waals surface area contributed by atoms with Gasteiger partial charge in [0.15, 0.2) is 0 Å². The third kappa shape index (κ3) is 3.92. The van der Waals surface area contributed by atoms with E-state index >= 15 is 0 Å². The minimum absolute atomic E-state index is 0.0489. The van der Waals surface area contributed by atoms with Crippen LogP contribution in [0.1, 0.15) is 51.0 Å². The zero-order chi connectivity index (χ0) is 16.9. The van der Waals surface area contributed by atoms with Gasteiger partial charge in [-0.25, -0.2) is 4.79 Å². The van der Waals surface area contributed by atoms with Crippen molar-refractivity contribution in [1.29, 1.82) is 0 Å². The van der Waals surface area contributed by atoms with Crippen LogP contribution < -0.4 is 10.2 Å². The molecular weight excluding hydrogens is 298 g/mol. The number of amides is 2. The Bertz CT molecular complexity index is 554. The first-order valence-corrected chi connectivity index (χ1v) is 9.52. The van der Waals surface area contributed by atoms with Gasteiger partial charge in [-0.05, 0) is 57.8 Å². The maximum absolute atomic E-state index is 12.6. The molecule has 0 bridgehead atoms. The van der Waals surface area contributed by atoms with Gasteiger partial charge in [-0.1, -0.05) is 37.5 Å². The van der Waals surface area contributed by atoms with Crippen molar-refractivity contribution in [3.05, 3.63) is 29.8 Å². The van der Waals surface area contributed by atoms with Gasteiger partial charge < -0.3 is 10.2 Å². The number of carbonyl (C=O) groups excluding carboxylic acids is 1. The van der Waals surface area contributed by atoms with Crippen molar-refractivity contribution in [3.8, 4) is 0 Å².